The number of rotatable bonds is 4. The van der Waals surface area contributed by atoms with Crippen LogP contribution in [-0.2, 0) is 9.59 Å². The Kier molecular flexibility index (Phi) is 5.73. The van der Waals surface area contributed by atoms with Crippen molar-refractivity contribution in [2.24, 2.45) is 0 Å². The SMILES string of the molecule is CC(=O)CN1CCCCC(NC(=O)Nc2cccc(C)c2)C1=O. The number of hydrogen-bond acceptors (Lipinski definition) is 3. The summed E-state index contributed by atoms with van der Waals surface area (Å²) in [5, 5.41) is 5.47. The molecule has 1 aromatic carbocycles. The number of urea groups is 1. The Bertz CT molecular complexity index is 601. The molecule has 23 heavy (non-hydrogen) atoms. The third kappa shape index (κ3) is 5.09. The molecule has 1 atom stereocenters. The smallest absolute Gasteiger partial charge is 0.319 e. The molecule has 1 saturated heterocycles. The second kappa shape index (κ2) is 7.76. The van der Waals surface area contributed by atoms with E-state index < -0.39 is 12.1 Å². The summed E-state index contributed by atoms with van der Waals surface area (Å²) in [6.45, 7) is 4.08. The number of carbonyl (C=O) groups excluding carboxylic acids is 3. The number of amides is 3. The number of nitrogens with zero attached hydrogens (tertiary/aromatic N) is 1. The molecule has 0 bridgehead atoms. The molecule has 2 rings (SSSR count). The topological polar surface area (TPSA) is 78.5 Å². The second-order valence-corrected chi connectivity index (χ2v) is 5.98. The minimum absolute atomic E-state index is 0.0526. The number of nitrogens with one attached hydrogen (secondary N) is 2. The molecule has 0 aromatic heterocycles. The molecule has 124 valence electrons. The summed E-state index contributed by atoms with van der Waals surface area (Å²) in [5.41, 5.74) is 1.73. The van der Waals surface area contributed by atoms with Gasteiger partial charge < -0.3 is 15.5 Å². The summed E-state index contributed by atoms with van der Waals surface area (Å²) in [5.74, 6) is -0.236. The van der Waals surface area contributed by atoms with Gasteiger partial charge in [0.05, 0.1) is 6.54 Å². The van der Waals surface area contributed by atoms with E-state index in [0.717, 1.165) is 18.4 Å². The van der Waals surface area contributed by atoms with E-state index in [-0.39, 0.29) is 18.2 Å². The lowest BCUT2D eigenvalue weighted by molar-refractivity contribution is -0.136. The molecule has 0 radical (unpaired) electrons. The van der Waals surface area contributed by atoms with Crippen LogP contribution < -0.4 is 10.6 Å². The number of Topliss-reactive ketones (excluding diaryl/α,β-unsaturated/α-hetero) is 1. The predicted molar refractivity (Wildman–Crippen MR) is 88.2 cm³/mol. The van der Waals surface area contributed by atoms with E-state index in [9.17, 15) is 14.4 Å². The van der Waals surface area contributed by atoms with Crippen LogP contribution in [0.3, 0.4) is 0 Å². The van der Waals surface area contributed by atoms with Gasteiger partial charge in [-0.15, -0.1) is 0 Å². The maximum Gasteiger partial charge on any atom is 0.319 e. The Hall–Kier alpha value is -2.37. The normalized spacial score (nSPS) is 18.3. The average Bonchev–Trinajstić information content (AvgIpc) is 2.62. The Labute approximate surface area is 136 Å². The lowest BCUT2D eigenvalue weighted by Gasteiger charge is -2.24. The lowest BCUT2D eigenvalue weighted by Crippen LogP contribution is -2.49. The largest absolute Gasteiger partial charge is 0.334 e. The number of carbonyl (C=O) groups is 3. The van der Waals surface area contributed by atoms with Gasteiger partial charge in [-0.2, -0.15) is 0 Å². The lowest BCUT2D eigenvalue weighted by atomic mass is 10.1. The van der Waals surface area contributed by atoms with Gasteiger partial charge in [-0.25, -0.2) is 4.79 Å². The van der Waals surface area contributed by atoms with E-state index in [1.807, 2.05) is 25.1 Å². The highest BCUT2D eigenvalue weighted by molar-refractivity contribution is 5.94. The first kappa shape index (κ1) is 17.0. The van der Waals surface area contributed by atoms with E-state index in [4.69, 9.17) is 0 Å². The van der Waals surface area contributed by atoms with Crippen LogP contribution in [0, 0.1) is 6.92 Å². The number of ketones is 1. The quantitative estimate of drug-likeness (QED) is 0.892. The van der Waals surface area contributed by atoms with Gasteiger partial charge in [0, 0.05) is 12.2 Å². The van der Waals surface area contributed by atoms with E-state index in [1.54, 1.807) is 6.07 Å². The Morgan fingerprint density at radius 1 is 1.30 bits per heavy atom. The van der Waals surface area contributed by atoms with Gasteiger partial charge in [0.15, 0.2) is 0 Å². The molecule has 1 aliphatic rings. The highest BCUT2D eigenvalue weighted by atomic mass is 16.2. The molecule has 1 aromatic rings. The number of likely N-dealkylation sites (tertiary alicyclic amines) is 1. The van der Waals surface area contributed by atoms with Crippen LogP contribution in [0.1, 0.15) is 31.7 Å². The van der Waals surface area contributed by atoms with Crippen molar-refractivity contribution in [3.05, 3.63) is 29.8 Å². The van der Waals surface area contributed by atoms with Crippen LogP contribution in [0.15, 0.2) is 24.3 Å². The molecule has 1 unspecified atom stereocenters. The average molecular weight is 317 g/mol. The maximum absolute atomic E-state index is 12.5. The minimum Gasteiger partial charge on any atom is -0.334 e. The van der Waals surface area contributed by atoms with Crippen LogP contribution in [0.25, 0.3) is 0 Å². The number of benzene rings is 1. The highest BCUT2D eigenvalue weighted by Gasteiger charge is 2.28. The van der Waals surface area contributed by atoms with Gasteiger partial charge >= 0.3 is 6.03 Å². The Balaban J connectivity index is 1.97. The highest BCUT2D eigenvalue weighted by Crippen LogP contribution is 2.13. The first-order valence-electron chi connectivity index (χ1n) is 7.88. The van der Waals surface area contributed by atoms with Crippen molar-refractivity contribution in [1.82, 2.24) is 10.2 Å². The Morgan fingerprint density at radius 3 is 2.78 bits per heavy atom. The number of aryl methyl sites for hydroxylation is 1. The number of hydrogen-bond donors (Lipinski definition) is 2. The van der Waals surface area contributed by atoms with Crippen LogP contribution in [-0.4, -0.2) is 41.8 Å². The fourth-order valence-electron chi connectivity index (χ4n) is 2.71. The first-order chi connectivity index (χ1) is 11.0. The number of anilines is 1. The van der Waals surface area contributed by atoms with Crippen LogP contribution in [0.4, 0.5) is 10.5 Å². The van der Waals surface area contributed by atoms with Gasteiger partial charge in [0.2, 0.25) is 5.91 Å². The summed E-state index contributed by atoms with van der Waals surface area (Å²) in [6.07, 6.45) is 2.28. The van der Waals surface area contributed by atoms with Crippen molar-refractivity contribution in [2.75, 3.05) is 18.4 Å². The molecule has 3 amide bonds. The van der Waals surface area contributed by atoms with Crippen molar-refractivity contribution >= 4 is 23.4 Å². The van der Waals surface area contributed by atoms with Gasteiger partial charge in [0.1, 0.15) is 11.8 Å². The monoisotopic (exact) mass is 317 g/mol. The minimum atomic E-state index is -0.582. The molecule has 1 heterocycles. The molecule has 0 aliphatic carbocycles. The standard InChI is InChI=1S/C17H23N3O3/c1-12-6-5-7-14(10-12)18-17(23)19-15-8-3-4-9-20(16(15)22)11-13(2)21/h5-7,10,15H,3-4,8-9,11H2,1-2H3,(H2,18,19,23). The zero-order chi connectivity index (χ0) is 16.8. The van der Waals surface area contributed by atoms with Crippen LogP contribution in [0.2, 0.25) is 0 Å². The second-order valence-electron chi connectivity index (χ2n) is 5.98. The first-order valence-corrected chi connectivity index (χ1v) is 7.88. The molecular weight excluding hydrogens is 294 g/mol. The van der Waals surface area contributed by atoms with Crippen molar-refractivity contribution in [3.63, 3.8) is 0 Å². The zero-order valence-electron chi connectivity index (χ0n) is 13.6. The molecule has 0 saturated carbocycles. The van der Waals surface area contributed by atoms with Gasteiger partial charge in [-0.05, 0) is 50.8 Å². The van der Waals surface area contributed by atoms with Crippen LogP contribution in [0.5, 0.6) is 0 Å². The molecule has 1 aliphatic heterocycles. The van der Waals surface area contributed by atoms with Gasteiger partial charge in [-0.3, -0.25) is 9.59 Å². The third-order valence-electron chi connectivity index (χ3n) is 3.78. The molecule has 2 N–H and O–H groups in total. The van der Waals surface area contributed by atoms with Crippen molar-refractivity contribution in [2.45, 2.75) is 39.2 Å². The van der Waals surface area contributed by atoms with E-state index in [0.29, 0.717) is 18.7 Å². The van der Waals surface area contributed by atoms with Gasteiger partial charge in [0.25, 0.3) is 0 Å². The third-order valence-corrected chi connectivity index (χ3v) is 3.78. The van der Waals surface area contributed by atoms with E-state index >= 15 is 0 Å². The van der Waals surface area contributed by atoms with E-state index in [1.165, 1.54) is 11.8 Å². The molecule has 6 heteroatoms. The predicted octanol–water partition coefficient (Wildman–Crippen LogP) is 2.09. The Morgan fingerprint density at radius 2 is 2.09 bits per heavy atom. The summed E-state index contributed by atoms with van der Waals surface area (Å²) < 4.78 is 0. The van der Waals surface area contributed by atoms with Crippen molar-refractivity contribution in [1.29, 1.82) is 0 Å². The summed E-state index contributed by atoms with van der Waals surface area (Å²) in [7, 11) is 0. The summed E-state index contributed by atoms with van der Waals surface area (Å²) in [6, 6.07) is 6.47. The fraction of sp³-hybridized carbons (Fsp3) is 0.471. The molecule has 1 fully saturated rings. The van der Waals surface area contributed by atoms with Crippen molar-refractivity contribution in [3.8, 4) is 0 Å². The fourth-order valence-corrected chi connectivity index (χ4v) is 2.71. The molecule has 0 spiro atoms. The van der Waals surface area contributed by atoms with Crippen LogP contribution >= 0.6 is 0 Å². The molecular formula is C17H23N3O3. The van der Waals surface area contributed by atoms with E-state index in [2.05, 4.69) is 10.6 Å². The summed E-state index contributed by atoms with van der Waals surface area (Å²) >= 11 is 0. The molecule has 6 nitrogen and oxygen atoms in total. The van der Waals surface area contributed by atoms with Gasteiger partial charge in [-0.1, -0.05) is 12.1 Å². The summed E-state index contributed by atoms with van der Waals surface area (Å²) in [4.78, 5) is 37.4. The van der Waals surface area contributed by atoms with Crippen molar-refractivity contribution < 1.29 is 14.4 Å². The maximum atomic E-state index is 12.5. The zero-order valence-corrected chi connectivity index (χ0v) is 13.6.